The number of anilines is 1. The van der Waals surface area contributed by atoms with E-state index in [4.69, 9.17) is 0 Å². The fraction of sp³-hybridized carbons (Fsp3) is 0.214. The van der Waals surface area contributed by atoms with Gasteiger partial charge in [0.1, 0.15) is 5.75 Å². The molecule has 0 aliphatic rings. The lowest BCUT2D eigenvalue weighted by molar-refractivity contribution is -0.385. The van der Waals surface area contributed by atoms with E-state index in [1.165, 1.54) is 18.3 Å². The van der Waals surface area contributed by atoms with Crippen molar-refractivity contribution in [2.24, 2.45) is 0 Å². The summed E-state index contributed by atoms with van der Waals surface area (Å²) in [5.41, 5.74) is 1.93. The Hall–Kier alpha value is -2.77. The van der Waals surface area contributed by atoms with Crippen LogP contribution in [-0.2, 0) is 6.54 Å². The van der Waals surface area contributed by atoms with Gasteiger partial charge in [0.05, 0.1) is 23.4 Å². The molecule has 6 nitrogen and oxygen atoms in total. The summed E-state index contributed by atoms with van der Waals surface area (Å²) in [5, 5.41) is 13.8. The van der Waals surface area contributed by atoms with Crippen LogP contribution in [0.5, 0.6) is 5.75 Å². The fourth-order valence-corrected chi connectivity index (χ4v) is 1.85. The molecular weight excluding hydrogens is 296 g/mol. The molecule has 1 aromatic carbocycles. The molecule has 0 spiro atoms. The van der Waals surface area contributed by atoms with Gasteiger partial charge in [-0.2, -0.15) is 8.78 Å². The van der Waals surface area contributed by atoms with Crippen LogP contribution in [0.1, 0.15) is 11.3 Å². The number of benzene rings is 1. The molecule has 1 heterocycles. The van der Waals surface area contributed by atoms with Gasteiger partial charge in [-0.05, 0) is 31.2 Å². The number of pyridine rings is 1. The number of halogens is 2. The summed E-state index contributed by atoms with van der Waals surface area (Å²) in [5.74, 6) is -0.00932. The lowest BCUT2D eigenvalue weighted by Crippen LogP contribution is -2.05. The van der Waals surface area contributed by atoms with Gasteiger partial charge >= 0.3 is 6.61 Å². The first kappa shape index (κ1) is 15.6. The summed E-state index contributed by atoms with van der Waals surface area (Å²) in [4.78, 5) is 14.3. The minimum atomic E-state index is -2.88. The Balaban J connectivity index is 1.98. The average molecular weight is 309 g/mol. The minimum absolute atomic E-state index is 0.00932. The van der Waals surface area contributed by atoms with Crippen LogP contribution < -0.4 is 10.1 Å². The second-order valence-corrected chi connectivity index (χ2v) is 4.48. The lowest BCUT2D eigenvalue weighted by atomic mass is 10.2. The number of ether oxygens (including phenoxy) is 1. The molecule has 8 heteroatoms. The van der Waals surface area contributed by atoms with Crippen molar-refractivity contribution in [1.82, 2.24) is 4.98 Å². The van der Waals surface area contributed by atoms with Crippen molar-refractivity contribution in [3.8, 4) is 5.75 Å². The van der Waals surface area contributed by atoms with E-state index in [1.54, 1.807) is 25.1 Å². The standard InChI is InChI=1S/C14H13F2N3O3/c1-9-6-10(3-5-13(9)19(20)21)17-7-11-2-4-12(8-18-11)22-14(15)16/h2-6,8,14,17H,7H2,1H3. The Labute approximate surface area is 124 Å². The Kier molecular flexibility index (Phi) is 4.82. The van der Waals surface area contributed by atoms with Crippen LogP contribution in [0, 0.1) is 17.0 Å². The van der Waals surface area contributed by atoms with E-state index in [0.29, 0.717) is 23.5 Å². The molecule has 22 heavy (non-hydrogen) atoms. The summed E-state index contributed by atoms with van der Waals surface area (Å²) in [6, 6.07) is 7.64. The zero-order valence-corrected chi connectivity index (χ0v) is 11.6. The van der Waals surface area contributed by atoms with Crippen molar-refractivity contribution >= 4 is 11.4 Å². The second-order valence-electron chi connectivity index (χ2n) is 4.48. The molecule has 0 aliphatic carbocycles. The van der Waals surface area contributed by atoms with Crippen LogP contribution in [0.25, 0.3) is 0 Å². The zero-order chi connectivity index (χ0) is 16.1. The van der Waals surface area contributed by atoms with E-state index in [-0.39, 0.29) is 11.4 Å². The molecule has 116 valence electrons. The number of alkyl halides is 2. The van der Waals surface area contributed by atoms with Crippen molar-refractivity contribution in [1.29, 1.82) is 0 Å². The monoisotopic (exact) mass is 309 g/mol. The number of rotatable bonds is 6. The van der Waals surface area contributed by atoms with Crippen molar-refractivity contribution in [2.75, 3.05) is 5.32 Å². The molecule has 0 saturated heterocycles. The highest BCUT2D eigenvalue weighted by Crippen LogP contribution is 2.22. The SMILES string of the molecule is Cc1cc(NCc2ccc(OC(F)F)cn2)ccc1[N+](=O)[O-]. The molecule has 1 aromatic heterocycles. The van der Waals surface area contributed by atoms with Crippen LogP contribution in [-0.4, -0.2) is 16.5 Å². The highest BCUT2D eigenvalue weighted by Gasteiger charge is 2.10. The molecule has 0 saturated carbocycles. The topological polar surface area (TPSA) is 77.3 Å². The predicted molar refractivity (Wildman–Crippen MR) is 76.0 cm³/mol. The molecule has 1 N–H and O–H groups in total. The predicted octanol–water partition coefficient (Wildman–Crippen LogP) is 3.51. The Morgan fingerprint density at radius 2 is 2.14 bits per heavy atom. The Morgan fingerprint density at radius 3 is 2.68 bits per heavy atom. The smallest absolute Gasteiger partial charge is 0.387 e. The van der Waals surface area contributed by atoms with Gasteiger partial charge in [-0.3, -0.25) is 15.1 Å². The summed E-state index contributed by atoms with van der Waals surface area (Å²) >= 11 is 0. The molecule has 0 radical (unpaired) electrons. The molecule has 0 bridgehead atoms. The van der Waals surface area contributed by atoms with Gasteiger partial charge < -0.3 is 10.1 Å². The third kappa shape index (κ3) is 4.11. The van der Waals surface area contributed by atoms with E-state index in [2.05, 4.69) is 15.0 Å². The molecule has 2 aromatic rings. The Morgan fingerprint density at radius 1 is 1.36 bits per heavy atom. The first-order valence-electron chi connectivity index (χ1n) is 6.34. The maximum absolute atomic E-state index is 12.0. The second kappa shape index (κ2) is 6.79. The van der Waals surface area contributed by atoms with Gasteiger partial charge in [-0.15, -0.1) is 0 Å². The fourth-order valence-electron chi connectivity index (χ4n) is 1.85. The Bertz CT molecular complexity index is 663. The number of nitrogens with zero attached hydrogens (tertiary/aromatic N) is 2. The van der Waals surface area contributed by atoms with Crippen LogP contribution >= 0.6 is 0 Å². The molecule has 2 rings (SSSR count). The average Bonchev–Trinajstić information content (AvgIpc) is 2.45. The van der Waals surface area contributed by atoms with E-state index in [9.17, 15) is 18.9 Å². The van der Waals surface area contributed by atoms with Gasteiger partial charge in [0.15, 0.2) is 0 Å². The third-order valence-corrected chi connectivity index (χ3v) is 2.89. The quantitative estimate of drug-likeness (QED) is 0.652. The summed E-state index contributed by atoms with van der Waals surface area (Å²) in [6.45, 7) is -0.876. The van der Waals surface area contributed by atoms with E-state index >= 15 is 0 Å². The molecule has 0 fully saturated rings. The van der Waals surface area contributed by atoms with Crippen LogP contribution in [0.3, 0.4) is 0 Å². The van der Waals surface area contributed by atoms with Crippen molar-refractivity contribution in [3.63, 3.8) is 0 Å². The molecule has 0 aliphatic heterocycles. The third-order valence-electron chi connectivity index (χ3n) is 2.89. The van der Waals surface area contributed by atoms with Gasteiger partial charge in [-0.1, -0.05) is 0 Å². The van der Waals surface area contributed by atoms with Crippen LogP contribution in [0.15, 0.2) is 36.5 Å². The van der Waals surface area contributed by atoms with Crippen molar-refractivity contribution in [3.05, 3.63) is 57.9 Å². The molecule has 0 atom stereocenters. The number of hydrogen-bond acceptors (Lipinski definition) is 5. The normalized spacial score (nSPS) is 10.5. The van der Waals surface area contributed by atoms with Gasteiger partial charge in [0.25, 0.3) is 5.69 Å². The van der Waals surface area contributed by atoms with Crippen molar-refractivity contribution < 1.29 is 18.4 Å². The summed E-state index contributed by atoms with van der Waals surface area (Å²) in [6.07, 6.45) is 1.21. The maximum atomic E-state index is 12.0. The highest BCUT2D eigenvalue weighted by atomic mass is 19.3. The van der Waals surface area contributed by atoms with Gasteiger partial charge in [0, 0.05) is 17.3 Å². The van der Waals surface area contributed by atoms with Crippen LogP contribution in [0.2, 0.25) is 0 Å². The highest BCUT2D eigenvalue weighted by molar-refractivity contribution is 5.53. The number of nitro benzene ring substituents is 1. The number of nitrogens with one attached hydrogen (secondary N) is 1. The van der Waals surface area contributed by atoms with Gasteiger partial charge in [0.2, 0.25) is 0 Å². The van der Waals surface area contributed by atoms with Gasteiger partial charge in [-0.25, -0.2) is 0 Å². The van der Waals surface area contributed by atoms with E-state index in [1.807, 2.05) is 0 Å². The largest absolute Gasteiger partial charge is 0.433 e. The lowest BCUT2D eigenvalue weighted by Gasteiger charge is -2.08. The summed E-state index contributed by atoms with van der Waals surface area (Å²) in [7, 11) is 0. The first-order valence-corrected chi connectivity index (χ1v) is 6.34. The molecule has 0 amide bonds. The number of aromatic nitrogens is 1. The van der Waals surface area contributed by atoms with Crippen molar-refractivity contribution in [2.45, 2.75) is 20.1 Å². The van der Waals surface area contributed by atoms with Crippen LogP contribution in [0.4, 0.5) is 20.2 Å². The number of nitro groups is 1. The van der Waals surface area contributed by atoms with E-state index < -0.39 is 11.5 Å². The first-order chi connectivity index (χ1) is 10.5. The number of aryl methyl sites for hydroxylation is 1. The number of hydrogen-bond donors (Lipinski definition) is 1. The molecular formula is C14H13F2N3O3. The maximum Gasteiger partial charge on any atom is 0.387 e. The summed E-state index contributed by atoms with van der Waals surface area (Å²) < 4.78 is 28.2. The molecule has 0 unspecified atom stereocenters. The minimum Gasteiger partial charge on any atom is -0.433 e. The zero-order valence-electron chi connectivity index (χ0n) is 11.6. The van der Waals surface area contributed by atoms with E-state index in [0.717, 1.165) is 0 Å².